The summed E-state index contributed by atoms with van der Waals surface area (Å²) >= 11 is 0. The maximum atomic E-state index is 10.3. The molecule has 0 heterocycles. The van der Waals surface area contributed by atoms with Crippen molar-refractivity contribution in [2.75, 3.05) is 6.54 Å². The van der Waals surface area contributed by atoms with Crippen LogP contribution in [0.2, 0.25) is 0 Å². The second kappa shape index (κ2) is 6.85. The molecule has 69 valence electrons. The smallest absolute Gasteiger partial charge is 0.238 e. The zero-order valence-electron chi connectivity index (χ0n) is 7.60. The van der Waals surface area contributed by atoms with Crippen molar-refractivity contribution >= 4 is 5.91 Å². The molecule has 0 aromatic heterocycles. The van der Waals surface area contributed by atoms with Crippen LogP contribution < -0.4 is 11.1 Å². The summed E-state index contributed by atoms with van der Waals surface area (Å²) in [5.41, 5.74) is 6.68. The molecule has 0 spiro atoms. The monoisotopic (exact) mass is 169 g/mol. The Kier molecular flexibility index (Phi) is 6.38. The van der Waals surface area contributed by atoms with Crippen molar-refractivity contribution in [3.8, 4) is 0 Å². The molecular formula is C9H17N2O. The molecule has 12 heavy (non-hydrogen) atoms. The second-order valence-electron chi connectivity index (χ2n) is 2.91. The lowest BCUT2D eigenvalue weighted by Gasteiger charge is -2.10. The minimum atomic E-state index is -0.467. The first-order valence-corrected chi connectivity index (χ1v) is 4.25. The van der Waals surface area contributed by atoms with Crippen molar-refractivity contribution in [3.05, 3.63) is 12.7 Å². The van der Waals surface area contributed by atoms with Crippen molar-refractivity contribution in [1.82, 2.24) is 11.1 Å². The summed E-state index contributed by atoms with van der Waals surface area (Å²) in [6.45, 7) is 6.46. The molecule has 0 bridgehead atoms. The highest BCUT2D eigenvalue weighted by Gasteiger charge is 2.01. The second-order valence-corrected chi connectivity index (χ2v) is 2.91. The standard InChI is InChI=1S/C9H17N2O/c1-3-7-11-8(2)5-4-6-9(10)12/h3,8,10-11H,1,4-7H2,2H3. The fourth-order valence-electron chi connectivity index (χ4n) is 0.955. The van der Waals surface area contributed by atoms with Gasteiger partial charge in [-0.1, -0.05) is 6.08 Å². The van der Waals surface area contributed by atoms with E-state index in [4.69, 9.17) is 5.73 Å². The quantitative estimate of drug-likeness (QED) is 0.581. The molecule has 1 atom stereocenters. The van der Waals surface area contributed by atoms with Gasteiger partial charge in [-0.3, -0.25) is 10.5 Å². The first kappa shape index (κ1) is 11.2. The van der Waals surface area contributed by atoms with Crippen molar-refractivity contribution in [2.24, 2.45) is 0 Å². The number of carbonyl (C=O) groups is 1. The van der Waals surface area contributed by atoms with Gasteiger partial charge >= 0.3 is 0 Å². The molecule has 1 unspecified atom stereocenters. The van der Waals surface area contributed by atoms with Gasteiger partial charge < -0.3 is 5.32 Å². The van der Waals surface area contributed by atoms with E-state index in [2.05, 4.69) is 18.8 Å². The van der Waals surface area contributed by atoms with E-state index in [-0.39, 0.29) is 0 Å². The van der Waals surface area contributed by atoms with Crippen LogP contribution in [0.5, 0.6) is 0 Å². The van der Waals surface area contributed by atoms with Crippen LogP contribution in [0, 0.1) is 0 Å². The number of amides is 1. The SMILES string of the molecule is C=CCNC(C)CCCC([NH])=O. The molecule has 1 amide bonds. The van der Waals surface area contributed by atoms with E-state index in [9.17, 15) is 4.79 Å². The molecule has 0 saturated carbocycles. The van der Waals surface area contributed by atoms with Gasteiger partial charge in [0.1, 0.15) is 0 Å². The zero-order valence-corrected chi connectivity index (χ0v) is 7.60. The Morgan fingerprint density at radius 2 is 2.42 bits per heavy atom. The molecule has 0 fully saturated rings. The predicted molar refractivity (Wildman–Crippen MR) is 49.6 cm³/mol. The van der Waals surface area contributed by atoms with E-state index in [1.807, 2.05) is 6.08 Å². The summed E-state index contributed by atoms with van der Waals surface area (Å²) in [7, 11) is 0. The van der Waals surface area contributed by atoms with Gasteiger partial charge in [-0.25, -0.2) is 0 Å². The number of nitrogens with one attached hydrogen (secondary N) is 2. The Balaban J connectivity index is 3.24. The van der Waals surface area contributed by atoms with E-state index in [1.165, 1.54) is 0 Å². The van der Waals surface area contributed by atoms with E-state index in [1.54, 1.807) is 0 Å². The van der Waals surface area contributed by atoms with Gasteiger partial charge in [0.25, 0.3) is 0 Å². The highest BCUT2D eigenvalue weighted by molar-refractivity contribution is 5.72. The third kappa shape index (κ3) is 7.28. The van der Waals surface area contributed by atoms with Gasteiger partial charge in [-0.15, -0.1) is 6.58 Å². The Labute approximate surface area is 74.0 Å². The predicted octanol–water partition coefficient (Wildman–Crippen LogP) is 1.13. The van der Waals surface area contributed by atoms with E-state index in [0.29, 0.717) is 12.5 Å². The number of rotatable bonds is 7. The van der Waals surface area contributed by atoms with Crippen LogP contribution >= 0.6 is 0 Å². The van der Waals surface area contributed by atoms with Gasteiger partial charge in [0.15, 0.2) is 0 Å². The van der Waals surface area contributed by atoms with Crippen LogP contribution in [0.3, 0.4) is 0 Å². The van der Waals surface area contributed by atoms with Gasteiger partial charge in [-0.2, -0.15) is 0 Å². The average molecular weight is 169 g/mol. The minimum Gasteiger partial charge on any atom is -0.311 e. The topological polar surface area (TPSA) is 52.9 Å². The fourth-order valence-corrected chi connectivity index (χ4v) is 0.955. The Morgan fingerprint density at radius 1 is 1.75 bits per heavy atom. The van der Waals surface area contributed by atoms with Crippen LogP contribution in [-0.2, 0) is 4.79 Å². The molecule has 0 saturated heterocycles. The summed E-state index contributed by atoms with van der Waals surface area (Å²) in [4.78, 5) is 10.3. The summed E-state index contributed by atoms with van der Waals surface area (Å²) in [5, 5.41) is 3.22. The van der Waals surface area contributed by atoms with Crippen LogP contribution in [0.25, 0.3) is 0 Å². The van der Waals surface area contributed by atoms with Gasteiger partial charge in [0.2, 0.25) is 5.91 Å². The first-order valence-electron chi connectivity index (χ1n) is 4.25. The van der Waals surface area contributed by atoms with E-state index in [0.717, 1.165) is 19.4 Å². The van der Waals surface area contributed by atoms with Crippen molar-refractivity contribution in [1.29, 1.82) is 0 Å². The maximum Gasteiger partial charge on any atom is 0.238 e. The molecule has 0 rings (SSSR count). The Morgan fingerprint density at radius 3 is 2.92 bits per heavy atom. The van der Waals surface area contributed by atoms with Gasteiger partial charge in [0.05, 0.1) is 0 Å². The lowest BCUT2D eigenvalue weighted by atomic mass is 10.1. The molecule has 2 N–H and O–H groups in total. The summed E-state index contributed by atoms with van der Waals surface area (Å²) in [6.07, 6.45) is 3.93. The van der Waals surface area contributed by atoms with Crippen LogP contribution in [0.1, 0.15) is 26.2 Å². The minimum absolute atomic E-state index is 0.375. The average Bonchev–Trinajstić information content (AvgIpc) is 2.00. The van der Waals surface area contributed by atoms with Crippen LogP contribution in [0.4, 0.5) is 0 Å². The molecule has 3 heteroatoms. The zero-order chi connectivity index (χ0) is 9.40. The molecule has 1 radical (unpaired) electrons. The lowest BCUT2D eigenvalue weighted by Crippen LogP contribution is -2.25. The summed E-state index contributed by atoms with van der Waals surface area (Å²) < 4.78 is 0. The summed E-state index contributed by atoms with van der Waals surface area (Å²) in [6, 6.07) is 0.405. The molecule has 0 aliphatic heterocycles. The molecular weight excluding hydrogens is 152 g/mol. The van der Waals surface area contributed by atoms with Gasteiger partial charge in [-0.05, 0) is 19.8 Å². The largest absolute Gasteiger partial charge is 0.311 e. The number of carbonyl (C=O) groups excluding carboxylic acids is 1. The maximum absolute atomic E-state index is 10.3. The Hall–Kier alpha value is -0.830. The normalized spacial score (nSPS) is 12.4. The highest BCUT2D eigenvalue weighted by atomic mass is 16.1. The van der Waals surface area contributed by atoms with Crippen molar-refractivity contribution in [3.63, 3.8) is 0 Å². The number of hydrogen-bond donors (Lipinski definition) is 1. The molecule has 0 aromatic carbocycles. The van der Waals surface area contributed by atoms with E-state index < -0.39 is 5.91 Å². The van der Waals surface area contributed by atoms with Crippen LogP contribution in [0.15, 0.2) is 12.7 Å². The number of hydrogen-bond acceptors (Lipinski definition) is 2. The summed E-state index contributed by atoms with van der Waals surface area (Å²) in [5.74, 6) is -0.467. The van der Waals surface area contributed by atoms with Crippen molar-refractivity contribution in [2.45, 2.75) is 32.2 Å². The molecule has 0 aliphatic rings. The molecule has 0 aromatic rings. The third-order valence-corrected chi connectivity index (χ3v) is 1.65. The van der Waals surface area contributed by atoms with Crippen LogP contribution in [-0.4, -0.2) is 18.5 Å². The lowest BCUT2D eigenvalue weighted by molar-refractivity contribution is -0.118. The van der Waals surface area contributed by atoms with E-state index >= 15 is 0 Å². The molecule has 3 nitrogen and oxygen atoms in total. The Bertz CT molecular complexity index is 145. The molecule has 0 aliphatic carbocycles. The highest BCUT2D eigenvalue weighted by Crippen LogP contribution is 1.99. The first-order chi connectivity index (χ1) is 5.66. The fraction of sp³-hybridized carbons (Fsp3) is 0.667. The van der Waals surface area contributed by atoms with Gasteiger partial charge in [0, 0.05) is 19.0 Å². The third-order valence-electron chi connectivity index (χ3n) is 1.65. The van der Waals surface area contributed by atoms with Crippen molar-refractivity contribution < 1.29 is 4.79 Å².